The lowest BCUT2D eigenvalue weighted by atomic mass is 9.48. The highest BCUT2D eigenvalue weighted by atomic mass is 16.1. The van der Waals surface area contributed by atoms with E-state index in [4.69, 9.17) is 0 Å². The third kappa shape index (κ3) is 2.09. The lowest BCUT2D eigenvalue weighted by Crippen LogP contribution is -2.48. The molecule has 3 aliphatic carbocycles. The zero-order valence-corrected chi connectivity index (χ0v) is 11.6. The molecule has 1 aromatic rings. The number of carbonyl (C=O) groups is 1. The largest absolute Gasteiger partial charge is 0.350 e. The van der Waals surface area contributed by atoms with Crippen LogP contribution >= 0.6 is 0 Å². The molecule has 1 fully saturated rings. The van der Waals surface area contributed by atoms with E-state index in [1.165, 1.54) is 24.7 Å². The molecule has 0 radical (unpaired) electrons. The average Bonchev–Trinajstić information content (AvgIpc) is 2.92. The number of carbonyl (C=O) groups excluding carboxylic acids is 1. The predicted molar refractivity (Wildman–Crippen MR) is 73.6 cm³/mol. The Morgan fingerprint density at radius 2 is 2.42 bits per heavy atom. The molecular weight excluding hydrogens is 238 g/mol. The lowest BCUT2D eigenvalue weighted by molar-refractivity contribution is -0.00811. The number of imidazole rings is 1. The number of rotatable bonds is 4. The minimum atomic E-state index is -0.0698. The van der Waals surface area contributed by atoms with Crippen LogP contribution in [-0.2, 0) is 0 Å². The number of nitrogens with one attached hydrogen (secondary N) is 2. The van der Waals surface area contributed by atoms with Gasteiger partial charge in [-0.25, -0.2) is 4.98 Å². The summed E-state index contributed by atoms with van der Waals surface area (Å²) in [7, 11) is 0. The maximum absolute atomic E-state index is 11.8. The number of aromatic nitrogens is 2. The first kappa shape index (κ1) is 12.5. The lowest BCUT2D eigenvalue weighted by Gasteiger charge is -2.56. The third-order valence-corrected chi connectivity index (χ3v) is 5.02. The van der Waals surface area contributed by atoms with E-state index in [0.29, 0.717) is 17.7 Å². The Kier molecular flexibility index (Phi) is 2.96. The molecule has 0 aliphatic heterocycles. The van der Waals surface area contributed by atoms with Gasteiger partial charge < -0.3 is 10.3 Å². The highest BCUT2D eigenvalue weighted by molar-refractivity contribution is 5.91. The number of hydrogen-bond acceptors (Lipinski definition) is 2. The predicted octanol–water partition coefficient (Wildman–Crippen LogP) is 2.52. The van der Waals surface area contributed by atoms with Gasteiger partial charge in [-0.1, -0.05) is 25.5 Å². The summed E-state index contributed by atoms with van der Waals surface area (Å²) in [5.41, 5.74) is 2.54. The molecule has 0 spiro atoms. The molecule has 1 amide bonds. The van der Waals surface area contributed by atoms with Crippen LogP contribution in [0.15, 0.2) is 24.2 Å². The number of fused-ring (bicyclic) bond motifs is 1. The molecule has 4 heteroatoms. The van der Waals surface area contributed by atoms with Gasteiger partial charge in [-0.2, -0.15) is 0 Å². The van der Waals surface area contributed by atoms with Crippen molar-refractivity contribution in [1.82, 2.24) is 15.3 Å². The van der Waals surface area contributed by atoms with Crippen molar-refractivity contribution in [2.75, 3.05) is 6.54 Å². The summed E-state index contributed by atoms with van der Waals surface area (Å²) in [4.78, 5) is 18.4. The maximum atomic E-state index is 11.8. The molecule has 0 unspecified atom stereocenters. The minimum Gasteiger partial charge on any atom is -0.350 e. The second kappa shape index (κ2) is 4.51. The van der Waals surface area contributed by atoms with Crippen LogP contribution in [0.25, 0.3) is 0 Å². The van der Waals surface area contributed by atoms with Crippen LogP contribution in [0, 0.1) is 17.3 Å². The van der Waals surface area contributed by atoms with Crippen LogP contribution in [0.3, 0.4) is 0 Å². The van der Waals surface area contributed by atoms with Gasteiger partial charge in [-0.05, 0) is 36.5 Å². The average molecular weight is 259 g/mol. The number of allylic oxidation sites excluding steroid dienone is 1. The van der Waals surface area contributed by atoms with Gasteiger partial charge in [0.15, 0.2) is 0 Å². The molecule has 2 atom stereocenters. The van der Waals surface area contributed by atoms with E-state index in [-0.39, 0.29) is 5.91 Å². The highest BCUT2D eigenvalue weighted by Crippen LogP contribution is 2.59. The van der Waals surface area contributed by atoms with Crippen LogP contribution in [0.5, 0.6) is 0 Å². The molecule has 102 valence electrons. The zero-order chi connectivity index (χ0) is 13.5. The van der Waals surface area contributed by atoms with Gasteiger partial charge in [-0.3, -0.25) is 4.79 Å². The van der Waals surface area contributed by atoms with Gasteiger partial charge in [0.05, 0.1) is 12.5 Å². The maximum Gasteiger partial charge on any atom is 0.269 e. The summed E-state index contributed by atoms with van der Waals surface area (Å²) in [6.07, 6.45) is 9.00. The van der Waals surface area contributed by atoms with Gasteiger partial charge in [-0.15, -0.1) is 0 Å². The van der Waals surface area contributed by atoms with E-state index >= 15 is 0 Å². The molecule has 19 heavy (non-hydrogen) atoms. The molecular formula is C15H21N3O. The van der Waals surface area contributed by atoms with Crippen molar-refractivity contribution in [1.29, 1.82) is 0 Å². The third-order valence-electron chi connectivity index (χ3n) is 5.02. The summed E-state index contributed by atoms with van der Waals surface area (Å²) in [5.74, 6) is 1.54. The molecule has 4 rings (SSSR count). The van der Waals surface area contributed by atoms with Gasteiger partial charge in [0.2, 0.25) is 0 Å². The Labute approximate surface area is 113 Å². The van der Waals surface area contributed by atoms with Crippen LogP contribution in [-0.4, -0.2) is 22.4 Å². The van der Waals surface area contributed by atoms with Crippen molar-refractivity contribution in [3.63, 3.8) is 0 Å². The molecule has 1 heterocycles. The van der Waals surface area contributed by atoms with Crippen LogP contribution in [0.4, 0.5) is 0 Å². The summed E-state index contributed by atoms with van der Waals surface area (Å²) in [5, 5.41) is 2.95. The Hall–Kier alpha value is -1.58. The number of aromatic amines is 1. The van der Waals surface area contributed by atoms with E-state index in [1.54, 1.807) is 6.20 Å². The molecule has 1 aromatic heterocycles. The van der Waals surface area contributed by atoms with Crippen molar-refractivity contribution in [2.45, 2.75) is 33.1 Å². The number of H-pyrrole nitrogens is 1. The van der Waals surface area contributed by atoms with Crippen molar-refractivity contribution in [2.24, 2.45) is 17.3 Å². The van der Waals surface area contributed by atoms with Gasteiger partial charge in [0.1, 0.15) is 5.69 Å². The SMILES string of the molecule is CC1(C)[C@H]2CC=C(CCNC(=O)c3cnc[nH]3)[C@@H]1C2. The minimum absolute atomic E-state index is 0.0698. The summed E-state index contributed by atoms with van der Waals surface area (Å²) >= 11 is 0. The van der Waals surface area contributed by atoms with E-state index < -0.39 is 0 Å². The van der Waals surface area contributed by atoms with E-state index in [2.05, 4.69) is 35.2 Å². The van der Waals surface area contributed by atoms with E-state index in [0.717, 1.165) is 18.3 Å². The zero-order valence-electron chi connectivity index (χ0n) is 11.6. The van der Waals surface area contributed by atoms with Gasteiger partial charge in [0, 0.05) is 6.54 Å². The highest BCUT2D eigenvalue weighted by Gasteiger charge is 2.50. The quantitative estimate of drug-likeness (QED) is 0.816. The fourth-order valence-electron chi connectivity index (χ4n) is 3.55. The second-order valence-corrected chi connectivity index (χ2v) is 6.29. The van der Waals surface area contributed by atoms with Crippen molar-refractivity contribution in [3.8, 4) is 0 Å². The molecule has 0 aromatic carbocycles. The van der Waals surface area contributed by atoms with Crippen molar-refractivity contribution in [3.05, 3.63) is 29.9 Å². The van der Waals surface area contributed by atoms with E-state index in [1.807, 2.05) is 0 Å². The van der Waals surface area contributed by atoms with Crippen molar-refractivity contribution >= 4 is 5.91 Å². The molecule has 2 N–H and O–H groups in total. The summed E-state index contributed by atoms with van der Waals surface area (Å²) < 4.78 is 0. The Morgan fingerprint density at radius 1 is 1.58 bits per heavy atom. The number of amides is 1. The van der Waals surface area contributed by atoms with Crippen LogP contribution < -0.4 is 5.32 Å². The Balaban J connectivity index is 1.51. The van der Waals surface area contributed by atoms with Crippen LogP contribution in [0.2, 0.25) is 0 Å². The summed E-state index contributed by atoms with van der Waals surface area (Å²) in [6, 6.07) is 0. The number of hydrogen-bond donors (Lipinski definition) is 2. The first-order chi connectivity index (χ1) is 9.09. The van der Waals surface area contributed by atoms with E-state index in [9.17, 15) is 4.79 Å². The first-order valence-corrected chi connectivity index (χ1v) is 7.04. The topological polar surface area (TPSA) is 57.8 Å². The number of nitrogens with zero attached hydrogens (tertiary/aromatic N) is 1. The normalized spacial score (nSPS) is 27.4. The van der Waals surface area contributed by atoms with Gasteiger partial charge >= 0.3 is 0 Å². The Morgan fingerprint density at radius 3 is 3.05 bits per heavy atom. The van der Waals surface area contributed by atoms with Crippen LogP contribution in [0.1, 0.15) is 43.6 Å². The molecule has 4 nitrogen and oxygen atoms in total. The standard InChI is InChI=1S/C15H21N3O/c1-15(2)11-4-3-10(12(15)7-11)5-6-17-14(19)13-8-16-9-18-13/h3,8-9,11-12H,4-7H2,1-2H3,(H,16,18)(H,17,19)/t11-,12-/m0/s1. The smallest absolute Gasteiger partial charge is 0.269 e. The molecule has 0 saturated heterocycles. The fraction of sp³-hybridized carbons (Fsp3) is 0.600. The van der Waals surface area contributed by atoms with Gasteiger partial charge in [0.25, 0.3) is 5.91 Å². The molecule has 1 saturated carbocycles. The summed E-state index contributed by atoms with van der Waals surface area (Å²) in [6.45, 7) is 5.46. The first-order valence-electron chi connectivity index (χ1n) is 7.04. The fourth-order valence-corrected chi connectivity index (χ4v) is 3.55. The van der Waals surface area contributed by atoms with Crippen molar-refractivity contribution < 1.29 is 4.79 Å². The second-order valence-electron chi connectivity index (χ2n) is 6.29. The Bertz CT molecular complexity index is 501. The molecule has 3 aliphatic rings. The molecule has 2 bridgehead atoms. The monoisotopic (exact) mass is 259 g/mol.